The van der Waals surface area contributed by atoms with E-state index in [0.717, 1.165) is 25.9 Å². The molecule has 1 saturated heterocycles. The molecular weight excluding hydrogens is 284 g/mol. The van der Waals surface area contributed by atoms with Crippen LogP contribution in [-0.2, 0) is 9.53 Å². The molecule has 0 unspecified atom stereocenters. The lowest BCUT2D eigenvalue weighted by Crippen LogP contribution is -2.46. The summed E-state index contributed by atoms with van der Waals surface area (Å²) in [7, 11) is 0. The minimum atomic E-state index is -0.268. The van der Waals surface area contributed by atoms with Gasteiger partial charge in [-0.15, -0.1) is 0 Å². The number of hydrogen-bond acceptors (Lipinski definition) is 7. The number of rotatable bonds is 8. The monoisotopic (exact) mass is 308 g/mol. The summed E-state index contributed by atoms with van der Waals surface area (Å²) in [4.78, 5) is 16.7. The summed E-state index contributed by atoms with van der Waals surface area (Å²) in [5.74, 6) is 0.162. The Hall–Kier alpha value is -1.41. The molecule has 3 aliphatic heterocycles. The van der Waals surface area contributed by atoms with Crippen LogP contribution in [0.25, 0.3) is 0 Å². The van der Waals surface area contributed by atoms with E-state index in [2.05, 4.69) is 25.4 Å². The van der Waals surface area contributed by atoms with E-state index in [4.69, 9.17) is 4.74 Å². The molecule has 8 heteroatoms. The summed E-state index contributed by atoms with van der Waals surface area (Å²) in [6, 6.07) is 0. The number of ether oxygens (including phenoxy) is 1. The molecule has 0 aromatic rings. The summed E-state index contributed by atoms with van der Waals surface area (Å²) in [5.41, 5.74) is -0.536. The van der Waals surface area contributed by atoms with Gasteiger partial charge in [0.05, 0.1) is 19.8 Å². The Morgan fingerprint density at radius 3 is 2.00 bits per heavy atom. The first kappa shape index (κ1) is 15.5. The molecule has 0 aromatic carbocycles. The van der Waals surface area contributed by atoms with E-state index in [9.17, 15) is 4.79 Å². The fourth-order valence-electron chi connectivity index (χ4n) is 2.48. The zero-order valence-electron chi connectivity index (χ0n) is 13.4. The lowest BCUT2D eigenvalue weighted by atomic mass is 10.1. The minimum absolute atomic E-state index is 0.162. The summed E-state index contributed by atoms with van der Waals surface area (Å²) >= 11 is 0. The number of hydrogen-bond donors (Lipinski definition) is 0. The summed E-state index contributed by atoms with van der Waals surface area (Å²) in [6.45, 7) is 8.87. The molecule has 0 saturated carbocycles. The number of morpholine rings is 1. The minimum Gasteiger partial charge on any atom is -0.379 e. The zero-order valence-corrected chi connectivity index (χ0v) is 13.4. The van der Waals surface area contributed by atoms with Gasteiger partial charge in [0.15, 0.2) is 11.3 Å². The molecule has 0 aliphatic carbocycles. The first-order valence-corrected chi connectivity index (χ1v) is 7.94. The third-order valence-corrected chi connectivity index (χ3v) is 4.41. The molecule has 0 N–H and O–H groups in total. The van der Waals surface area contributed by atoms with Crippen LogP contribution in [0.4, 0.5) is 0 Å². The Labute approximate surface area is 130 Å². The molecule has 0 atom stereocenters. The maximum atomic E-state index is 12.6. The molecule has 8 nitrogen and oxygen atoms in total. The third-order valence-electron chi connectivity index (χ3n) is 4.41. The van der Waals surface area contributed by atoms with Crippen molar-refractivity contribution in [2.24, 2.45) is 20.5 Å². The van der Waals surface area contributed by atoms with Gasteiger partial charge in [0, 0.05) is 39.0 Å². The fourth-order valence-corrected chi connectivity index (χ4v) is 2.48. The Morgan fingerprint density at radius 2 is 1.55 bits per heavy atom. The molecule has 0 spiro atoms. The molecule has 3 rings (SSSR count). The number of carbonyl (C=O) groups excluding carboxylic acids is 1. The Kier molecular flexibility index (Phi) is 4.22. The van der Waals surface area contributed by atoms with Crippen molar-refractivity contribution in [1.82, 2.24) is 9.80 Å². The second-order valence-corrected chi connectivity index (χ2v) is 6.60. The smallest absolute Gasteiger partial charge is 0.236 e. The number of carbonyl (C=O) groups is 1. The lowest BCUT2D eigenvalue weighted by molar-refractivity contribution is -0.133. The van der Waals surface area contributed by atoms with E-state index in [0.29, 0.717) is 32.8 Å². The maximum absolute atomic E-state index is 12.6. The molecule has 122 valence electrons. The van der Waals surface area contributed by atoms with E-state index < -0.39 is 0 Å². The second-order valence-electron chi connectivity index (χ2n) is 6.60. The predicted molar refractivity (Wildman–Crippen MR) is 79.6 cm³/mol. The van der Waals surface area contributed by atoms with Crippen LogP contribution in [0.3, 0.4) is 0 Å². The summed E-state index contributed by atoms with van der Waals surface area (Å²) in [6.07, 6.45) is 1.57. The van der Waals surface area contributed by atoms with Gasteiger partial charge >= 0.3 is 0 Å². The maximum Gasteiger partial charge on any atom is 0.236 e. The van der Waals surface area contributed by atoms with E-state index in [1.807, 2.05) is 18.7 Å². The van der Waals surface area contributed by atoms with Crippen molar-refractivity contribution in [2.45, 2.75) is 38.0 Å². The quantitative estimate of drug-likeness (QED) is 0.677. The van der Waals surface area contributed by atoms with Gasteiger partial charge in [-0.05, 0) is 13.8 Å². The topological polar surface area (TPSA) is 82.2 Å². The number of amides is 1. The van der Waals surface area contributed by atoms with Crippen LogP contribution in [0.5, 0.6) is 0 Å². The first-order chi connectivity index (χ1) is 10.5. The SMILES string of the molecule is CC1(CCN(CCC2(C)N=N2)C(=O)CN2CCOCC2)N=N1. The molecule has 0 aromatic heterocycles. The molecule has 0 radical (unpaired) electrons. The van der Waals surface area contributed by atoms with Crippen LogP contribution < -0.4 is 0 Å². The third kappa shape index (κ3) is 4.30. The largest absolute Gasteiger partial charge is 0.379 e. The van der Waals surface area contributed by atoms with Crippen LogP contribution in [0, 0.1) is 0 Å². The van der Waals surface area contributed by atoms with Crippen molar-refractivity contribution < 1.29 is 9.53 Å². The van der Waals surface area contributed by atoms with Gasteiger partial charge in [0.1, 0.15) is 0 Å². The van der Waals surface area contributed by atoms with Gasteiger partial charge in [-0.1, -0.05) is 0 Å². The van der Waals surface area contributed by atoms with Crippen molar-refractivity contribution in [3.63, 3.8) is 0 Å². The van der Waals surface area contributed by atoms with Crippen molar-refractivity contribution in [1.29, 1.82) is 0 Å². The molecular formula is C14H24N6O2. The summed E-state index contributed by atoms with van der Waals surface area (Å²) in [5, 5.41) is 16.1. The average Bonchev–Trinajstić information content (AvgIpc) is 3.41. The highest BCUT2D eigenvalue weighted by molar-refractivity contribution is 5.78. The normalized spacial score (nSPS) is 24.3. The van der Waals surface area contributed by atoms with Crippen molar-refractivity contribution >= 4 is 5.91 Å². The molecule has 3 heterocycles. The van der Waals surface area contributed by atoms with Crippen molar-refractivity contribution in [3.8, 4) is 0 Å². The molecule has 0 bridgehead atoms. The van der Waals surface area contributed by atoms with Gasteiger partial charge in [-0.2, -0.15) is 20.5 Å². The van der Waals surface area contributed by atoms with E-state index >= 15 is 0 Å². The van der Waals surface area contributed by atoms with E-state index in [1.54, 1.807) is 0 Å². The van der Waals surface area contributed by atoms with Crippen molar-refractivity contribution in [2.75, 3.05) is 45.9 Å². The van der Waals surface area contributed by atoms with Crippen LogP contribution in [0.2, 0.25) is 0 Å². The summed E-state index contributed by atoms with van der Waals surface area (Å²) < 4.78 is 5.33. The Bertz CT molecular complexity index is 446. The highest BCUT2D eigenvalue weighted by atomic mass is 16.5. The van der Waals surface area contributed by atoms with Gasteiger partial charge < -0.3 is 9.64 Å². The highest BCUT2D eigenvalue weighted by Crippen LogP contribution is 2.32. The second kappa shape index (κ2) is 6.00. The van der Waals surface area contributed by atoms with Crippen molar-refractivity contribution in [3.05, 3.63) is 0 Å². The number of nitrogens with zero attached hydrogens (tertiary/aromatic N) is 6. The zero-order chi connectivity index (χ0) is 15.6. The van der Waals surface area contributed by atoms with Gasteiger partial charge in [-0.3, -0.25) is 9.69 Å². The molecule has 22 heavy (non-hydrogen) atoms. The lowest BCUT2D eigenvalue weighted by Gasteiger charge is -2.30. The van der Waals surface area contributed by atoms with E-state index in [1.165, 1.54) is 0 Å². The first-order valence-electron chi connectivity index (χ1n) is 7.94. The Balaban J connectivity index is 1.49. The average molecular weight is 308 g/mol. The van der Waals surface area contributed by atoms with Crippen LogP contribution in [-0.4, -0.2) is 73.0 Å². The van der Waals surface area contributed by atoms with Gasteiger partial charge in [0.25, 0.3) is 0 Å². The molecule has 3 aliphatic rings. The van der Waals surface area contributed by atoms with Crippen LogP contribution in [0.15, 0.2) is 20.5 Å². The Morgan fingerprint density at radius 1 is 1.05 bits per heavy atom. The molecule has 1 fully saturated rings. The highest BCUT2D eigenvalue weighted by Gasteiger charge is 2.37. The van der Waals surface area contributed by atoms with E-state index in [-0.39, 0.29) is 17.2 Å². The molecule has 1 amide bonds. The van der Waals surface area contributed by atoms with Crippen LogP contribution in [0.1, 0.15) is 26.7 Å². The van der Waals surface area contributed by atoms with Crippen LogP contribution >= 0.6 is 0 Å². The van der Waals surface area contributed by atoms with Gasteiger partial charge in [-0.25, -0.2) is 0 Å². The predicted octanol–water partition coefficient (Wildman–Crippen LogP) is 1.29. The van der Waals surface area contributed by atoms with Gasteiger partial charge in [0.2, 0.25) is 5.91 Å². The standard InChI is InChI=1S/C14H24N6O2/c1-13(15-16-13)3-5-20(6-4-14(2)17-18-14)12(21)11-19-7-9-22-10-8-19/h3-11H2,1-2H3. The fraction of sp³-hybridized carbons (Fsp3) is 0.929.